The molecule has 2 N–H and O–H groups in total. The lowest BCUT2D eigenvalue weighted by molar-refractivity contribution is -0.143. The summed E-state index contributed by atoms with van der Waals surface area (Å²) in [6.07, 6.45) is -4.78. The molecule has 1 aromatic carbocycles. The fourth-order valence-corrected chi connectivity index (χ4v) is 2.73. The van der Waals surface area contributed by atoms with E-state index in [1.165, 1.54) is 31.4 Å². The van der Waals surface area contributed by atoms with Gasteiger partial charge < -0.3 is 10.5 Å². The van der Waals surface area contributed by atoms with E-state index in [9.17, 15) is 27.6 Å². The highest BCUT2D eigenvalue weighted by atomic mass is 35.5. The molecule has 28 heavy (non-hydrogen) atoms. The second-order valence-electron chi connectivity index (χ2n) is 5.96. The van der Waals surface area contributed by atoms with E-state index in [4.69, 9.17) is 5.73 Å². The molecule has 0 saturated heterocycles. The highest BCUT2D eigenvalue weighted by Crippen LogP contribution is 2.34. The van der Waals surface area contributed by atoms with Gasteiger partial charge in [-0.1, -0.05) is 24.3 Å². The standard InChI is InChI=1S/C17H18F3N3O4.ClH/c1-22-13(17(18,19)20)12(14(24)23(2)16(22)26)10-6-4-9(5-7-10)8-11(21)15(25)27-3;/h4-7,11H,8,21H2,1-3H3;1H. The Bertz CT molecular complexity index is 981. The van der Waals surface area contributed by atoms with Gasteiger partial charge in [-0.15, -0.1) is 12.4 Å². The van der Waals surface area contributed by atoms with Gasteiger partial charge in [0.2, 0.25) is 0 Å². The zero-order valence-electron chi connectivity index (χ0n) is 15.2. The van der Waals surface area contributed by atoms with Crippen molar-refractivity contribution in [2.75, 3.05) is 7.11 Å². The summed E-state index contributed by atoms with van der Waals surface area (Å²) in [5.41, 5.74) is 2.15. The number of ether oxygens (including phenoxy) is 1. The summed E-state index contributed by atoms with van der Waals surface area (Å²) >= 11 is 0. The average Bonchev–Trinajstić information content (AvgIpc) is 2.61. The van der Waals surface area contributed by atoms with Gasteiger partial charge in [-0.3, -0.25) is 18.7 Å². The van der Waals surface area contributed by atoms with Crippen LogP contribution in [0.3, 0.4) is 0 Å². The average molecular weight is 422 g/mol. The molecule has 1 heterocycles. The molecule has 0 aliphatic rings. The molecule has 11 heteroatoms. The molecule has 0 radical (unpaired) electrons. The lowest BCUT2D eigenvalue weighted by Crippen LogP contribution is -2.41. The van der Waals surface area contributed by atoms with Crippen LogP contribution in [0, 0.1) is 0 Å². The van der Waals surface area contributed by atoms with E-state index in [1.807, 2.05) is 0 Å². The van der Waals surface area contributed by atoms with Crippen molar-refractivity contribution in [3.63, 3.8) is 0 Å². The first-order valence-electron chi connectivity index (χ1n) is 7.79. The smallest absolute Gasteiger partial charge is 0.432 e. The van der Waals surface area contributed by atoms with Crippen molar-refractivity contribution in [2.45, 2.75) is 18.6 Å². The number of hydrogen-bond donors (Lipinski definition) is 1. The topological polar surface area (TPSA) is 96.3 Å². The number of alkyl halides is 3. The van der Waals surface area contributed by atoms with Gasteiger partial charge in [-0.05, 0) is 17.5 Å². The quantitative estimate of drug-likeness (QED) is 0.749. The highest BCUT2D eigenvalue weighted by molar-refractivity contribution is 5.85. The summed E-state index contributed by atoms with van der Waals surface area (Å²) in [4.78, 5) is 35.6. The number of benzene rings is 1. The van der Waals surface area contributed by atoms with Crippen molar-refractivity contribution in [1.29, 1.82) is 0 Å². The Morgan fingerprint density at radius 2 is 1.68 bits per heavy atom. The number of hydrogen-bond acceptors (Lipinski definition) is 5. The molecule has 0 aliphatic carbocycles. The van der Waals surface area contributed by atoms with E-state index >= 15 is 0 Å². The first-order valence-corrected chi connectivity index (χ1v) is 7.79. The molecular weight excluding hydrogens is 403 g/mol. The van der Waals surface area contributed by atoms with Gasteiger partial charge in [0.15, 0.2) is 0 Å². The molecule has 0 amide bonds. The Hall–Kier alpha value is -2.59. The number of methoxy groups -OCH3 is 1. The predicted molar refractivity (Wildman–Crippen MR) is 98.3 cm³/mol. The van der Waals surface area contributed by atoms with Gasteiger partial charge in [0.1, 0.15) is 11.7 Å². The number of carbonyl (C=O) groups is 1. The number of esters is 1. The van der Waals surface area contributed by atoms with Crippen LogP contribution in [-0.2, 0) is 36.2 Å². The van der Waals surface area contributed by atoms with Gasteiger partial charge in [-0.2, -0.15) is 13.2 Å². The van der Waals surface area contributed by atoms with Crippen LogP contribution in [0.4, 0.5) is 13.2 Å². The summed E-state index contributed by atoms with van der Waals surface area (Å²) in [5, 5.41) is 0. The largest absolute Gasteiger partial charge is 0.468 e. The SMILES string of the molecule is COC(=O)C(N)Cc1ccc(-c2c(C(F)(F)F)n(C)c(=O)n(C)c2=O)cc1.Cl. The van der Waals surface area contributed by atoms with Gasteiger partial charge in [-0.25, -0.2) is 4.79 Å². The molecule has 2 aromatic rings. The Morgan fingerprint density at radius 3 is 2.14 bits per heavy atom. The van der Waals surface area contributed by atoms with E-state index in [1.54, 1.807) is 0 Å². The molecular formula is C17H19ClF3N3O4. The normalized spacial score (nSPS) is 12.2. The van der Waals surface area contributed by atoms with Crippen molar-refractivity contribution < 1.29 is 22.7 Å². The third-order valence-electron chi connectivity index (χ3n) is 4.14. The van der Waals surface area contributed by atoms with Gasteiger partial charge in [0, 0.05) is 14.1 Å². The number of nitrogens with zero attached hydrogens (tertiary/aromatic N) is 2. The molecule has 2 rings (SSSR count). The Morgan fingerprint density at radius 1 is 1.14 bits per heavy atom. The second-order valence-corrected chi connectivity index (χ2v) is 5.96. The van der Waals surface area contributed by atoms with Crippen LogP contribution in [0.5, 0.6) is 0 Å². The van der Waals surface area contributed by atoms with Crippen LogP contribution in [0.15, 0.2) is 33.9 Å². The van der Waals surface area contributed by atoms with Crippen LogP contribution in [-0.4, -0.2) is 28.3 Å². The molecule has 0 bridgehead atoms. The number of nitrogens with two attached hydrogens (primary N) is 1. The van der Waals surface area contributed by atoms with Crippen LogP contribution in [0.25, 0.3) is 11.1 Å². The maximum absolute atomic E-state index is 13.5. The second kappa shape index (κ2) is 8.61. The molecule has 154 valence electrons. The maximum atomic E-state index is 13.5. The Labute approximate surface area is 163 Å². The van der Waals surface area contributed by atoms with Gasteiger partial charge in [0.05, 0.1) is 12.7 Å². The van der Waals surface area contributed by atoms with Gasteiger partial charge >= 0.3 is 17.8 Å². The zero-order valence-corrected chi connectivity index (χ0v) is 16.1. The Balaban J connectivity index is 0.00000392. The molecule has 1 aromatic heterocycles. The third kappa shape index (κ3) is 4.45. The zero-order chi connectivity index (χ0) is 20.5. The third-order valence-corrected chi connectivity index (χ3v) is 4.14. The van der Waals surface area contributed by atoms with Crippen molar-refractivity contribution in [2.24, 2.45) is 19.8 Å². The van der Waals surface area contributed by atoms with E-state index in [-0.39, 0.29) is 24.4 Å². The molecule has 1 atom stereocenters. The monoisotopic (exact) mass is 421 g/mol. The summed E-state index contributed by atoms with van der Waals surface area (Å²) in [7, 11) is 3.26. The van der Waals surface area contributed by atoms with Crippen LogP contribution in [0.1, 0.15) is 11.3 Å². The number of halogens is 4. The van der Waals surface area contributed by atoms with E-state index < -0.39 is 40.7 Å². The van der Waals surface area contributed by atoms with E-state index in [0.717, 1.165) is 14.1 Å². The minimum absolute atomic E-state index is 0. The van der Waals surface area contributed by atoms with Crippen molar-refractivity contribution in [3.05, 3.63) is 56.4 Å². The van der Waals surface area contributed by atoms with E-state index in [0.29, 0.717) is 14.7 Å². The van der Waals surface area contributed by atoms with Gasteiger partial charge in [0.25, 0.3) is 5.56 Å². The summed E-state index contributed by atoms with van der Waals surface area (Å²) in [6.45, 7) is 0. The molecule has 7 nitrogen and oxygen atoms in total. The first-order chi connectivity index (χ1) is 12.5. The van der Waals surface area contributed by atoms with Crippen molar-refractivity contribution in [1.82, 2.24) is 9.13 Å². The number of aromatic nitrogens is 2. The molecule has 0 fully saturated rings. The summed E-state index contributed by atoms with van der Waals surface area (Å²) in [5.74, 6) is -0.620. The minimum atomic E-state index is -4.90. The Kier molecular flexibility index (Phi) is 7.21. The number of rotatable bonds is 4. The van der Waals surface area contributed by atoms with Crippen LogP contribution in [0.2, 0.25) is 0 Å². The van der Waals surface area contributed by atoms with Crippen molar-refractivity contribution >= 4 is 18.4 Å². The van der Waals surface area contributed by atoms with Crippen molar-refractivity contribution in [3.8, 4) is 11.1 Å². The fraction of sp³-hybridized carbons (Fsp3) is 0.353. The highest BCUT2D eigenvalue weighted by Gasteiger charge is 2.39. The molecule has 0 saturated carbocycles. The summed E-state index contributed by atoms with van der Waals surface area (Å²) < 4.78 is 46.0. The molecule has 0 spiro atoms. The fourth-order valence-electron chi connectivity index (χ4n) is 2.73. The summed E-state index contributed by atoms with van der Waals surface area (Å²) in [6, 6.07) is 4.63. The lowest BCUT2D eigenvalue weighted by atomic mass is 10.00. The van der Waals surface area contributed by atoms with Crippen LogP contribution >= 0.6 is 12.4 Å². The molecule has 0 aliphatic heterocycles. The number of carbonyl (C=O) groups excluding carboxylic acids is 1. The maximum Gasteiger partial charge on any atom is 0.432 e. The predicted octanol–water partition coefficient (Wildman–Crippen LogP) is 1.23. The first kappa shape index (κ1) is 23.4. The van der Waals surface area contributed by atoms with Crippen LogP contribution < -0.4 is 17.0 Å². The molecule has 1 unspecified atom stereocenters. The lowest BCUT2D eigenvalue weighted by Gasteiger charge is -2.17. The minimum Gasteiger partial charge on any atom is -0.468 e. The van der Waals surface area contributed by atoms with E-state index in [2.05, 4.69) is 4.74 Å².